The third-order valence-corrected chi connectivity index (χ3v) is 4.15. The largest absolute Gasteiger partial charge is 0.489 e. The van der Waals surface area contributed by atoms with Crippen LogP contribution in [-0.2, 0) is 0 Å². The molecular weight excluding hydrogens is 300 g/mol. The van der Waals surface area contributed by atoms with Crippen LogP contribution >= 0.6 is 11.6 Å². The summed E-state index contributed by atoms with van der Waals surface area (Å²) in [6.07, 6.45) is 5.31. The molecular formula is C17H27ClN2O2. The van der Waals surface area contributed by atoms with Gasteiger partial charge in [0.2, 0.25) is 0 Å². The first-order chi connectivity index (χ1) is 10.6. The Labute approximate surface area is 138 Å². The third-order valence-electron chi connectivity index (χ3n) is 3.86. The number of aliphatic hydroxyl groups excluding tert-OH is 1. The maximum Gasteiger partial charge on any atom is 0.138 e. The van der Waals surface area contributed by atoms with Gasteiger partial charge in [-0.15, -0.1) is 0 Å². The van der Waals surface area contributed by atoms with E-state index < -0.39 is 6.10 Å². The summed E-state index contributed by atoms with van der Waals surface area (Å²) in [4.78, 5) is 0. The average Bonchev–Trinajstić information content (AvgIpc) is 3.32. The molecule has 1 saturated carbocycles. The van der Waals surface area contributed by atoms with Crippen LogP contribution in [0.1, 0.15) is 50.7 Å². The number of ether oxygens (including phenoxy) is 1. The van der Waals surface area contributed by atoms with E-state index in [1.807, 2.05) is 12.1 Å². The molecule has 1 aromatic carbocycles. The van der Waals surface area contributed by atoms with Crippen molar-refractivity contribution in [3.8, 4) is 5.75 Å². The third kappa shape index (κ3) is 5.43. The minimum atomic E-state index is -0.730. The molecule has 124 valence electrons. The molecule has 5 heteroatoms. The van der Waals surface area contributed by atoms with Crippen LogP contribution in [0.4, 0.5) is 0 Å². The predicted molar refractivity (Wildman–Crippen MR) is 90.4 cm³/mol. The molecule has 0 aliphatic heterocycles. The number of nitrogens with one attached hydrogen (secondary N) is 1. The molecule has 0 aromatic heterocycles. The van der Waals surface area contributed by atoms with Crippen molar-refractivity contribution < 1.29 is 9.84 Å². The number of halogens is 1. The lowest BCUT2D eigenvalue weighted by Gasteiger charge is -2.20. The van der Waals surface area contributed by atoms with E-state index in [9.17, 15) is 5.11 Å². The zero-order valence-corrected chi connectivity index (χ0v) is 14.0. The highest BCUT2D eigenvalue weighted by atomic mass is 35.5. The fraction of sp³-hybridized carbons (Fsp3) is 0.647. The van der Waals surface area contributed by atoms with Crippen LogP contribution in [0.2, 0.25) is 5.02 Å². The highest BCUT2D eigenvalue weighted by molar-refractivity contribution is 6.32. The number of benzene rings is 1. The van der Waals surface area contributed by atoms with Crippen molar-refractivity contribution in [3.05, 3.63) is 28.8 Å². The quantitative estimate of drug-likeness (QED) is 0.578. The summed E-state index contributed by atoms with van der Waals surface area (Å²) in [5, 5.41) is 14.2. The molecule has 0 saturated heterocycles. The molecule has 0 amide bonds. The smallest absolute Gasteiger partial charge is 0.138 e. The van der Waals surface area contributed by atoms with E-state index in [-0.39, 0.29) is 6.04 Å². The van der Waals surface area contributed by atoms with Gasteiger partial charge in [-0.25, -0.2) is 0 Å². The van der Waals surface area contributed by atoms with Gasteiger partial charge < -0.3 is 20.9 Å². The van der Waals surface area contributed by atoms with Crippen molar-refractivity contribution in [2.24, 2.45) is 5.73 Å². The van der Waals surface area contributed by atoms with Gasteiger partial charge in [0.1, 0.15) is 5.75 Å². The summed E-state index contributed by atoms with van der Waals surface area (Å²) < 4.78 is 5.70. The number of hydrogen-bond donors (Lipinski definition) is 3. The van der Waals surface area contributed by atoms with Gasteiger partial charge in [-0.2, -0.15) is 0 Å². The van der Waals surface area contributed by atoms with Gasteiger partial charge in [-0.05, 0) is 43.5 Å². The van der Waals surface area contributed by atoms with Crippen molar-refractivity contribution in [1.29, 1.82) is 0 Å². The summed E-state index contributed by atoms with van der Waals surface area (Å²) in [6, 6.07) is 5.06. The van der Waals surface area contributed by atoms with Gasteiger partial charge in [-0.3, -0.25) is 0 Å². The molecule has 1 aliphatic rings. The monoisotopic (exact) mass is 326 g/mol. The summed E-state index contributed by atoms with van der Waals surface area (Å²) in [7, 11) is 0. The summed E-state index contributed by atoms with van der Waals surface area (Å²) in [5.74, 6) is 0.686. The van der Waals surface area contributed by atoms with Crippen molar-refractivity contribution in [1.82, 2.24) is 5.32 Å². The van der Waals surface area contributed by atoms with E-state index in [2.05, 4.69) is 12.2 Å². The van der Waals surface area contributed by atoms with Crippen LogP contribution in [0.5, 0.6) is 5.75 Å². The van der Waals surface area contributed by atoms with Crippen LogP contribution < -0.4 is 15.8 Å². The molecule has 22 heavy (non-hydrogen) atoms. The number of hydrogen-bond acceptors (Lipinski definition) is 4. The minimum Gasteiger partial charge on any atom is -0.489 e. The second-order valence-corrected chi connectivity index (χ2v) is 6.43. The molecule has 1 fully saturated rings. The SMILES string of the molecule is CCCCCNC[C@@H](N)[C@H](O)c1ccc(OC2CC2)c(Cl)c1. The Kier molecular flexibility index (Phi) is 6.96. The van der Waals surface area contributed by atoms with Crippen molar-refractivity contribution in [3.63, 3.8) is 0 Å². The van der Waals surface area contributed by atoms with Gasteiger partial charge in [-0.1, -0.05) is 37.4 Å². The first-order valence-electron chi connectivity index (χ1n) is 8.22. The average molecular weight is 327 g/mol. The zero-order valence-electron chi connectivity index (χ0n) is 13.2. The molecule has 4 nitrogen and oxygen atoms in total. The standard InChI is InChI=1S/C17H27ClN2O2/c1-2-3-4-9-20-11-15(19)17(21)12-5-8-16(14(18)10-12)22-13-6-7-13/h5,8,10,13,15,17,20-21H,2-4,6-7,9,11,19H2,1H3/t15-,17-/m1/s1. The van der Waals surface area contributed by atoms with E-state index in [0.717, 1.165) is 31.4 Å². The Bertz CT molecular complexity index is 466. The fourth-order valence-electron chi connectivity index (χ4n) is 2.29. The Morgan fingerprint density at radius 2 is 2.18 bits per heavy atom. The number of aliphatic hydroxyl groups is 1. The summed E-state index contributed by atoms with van der Waals surface area (Å²) in [6.45, 7) is 3.70. The van der Waals surface area contributed by atoms with Gasteiger partial charge in [0, 0.05) is 12.6 Å². The molecule has 0 radical (unpaired) electrons. The highest BCUT2D eigenvalue weighted by Gasteiger charge is 2.25. The molecule has 0 heterocycles. The number of rotatable bonds is 10. The van der Waals surface area contributed by atoms with Crippen LogP contribution in [-0.4, -0.2) is 30.3 Å². The molecule has 2 atom stereocenters. The summed E-state index contributed by atoms with van der Waals surface area (Å²) >= 11 is 6.22. The molecule has 1 aliphatic carbocycles. The lowest BCUT2D eigenvalue weighted by Crippen LogP contribution is -2.39. The highest BCUT2D eigenvalue weighted by Crippen LogP contribution is 2.33. The van der Waals surface area contributed by atoms with Gasteiger partial charge in [0.25, 0.3) is 0 Å². The second-order valence-electron chi connectivity index (χ2n) is 6.03. The summed E-state index contributed by atoms with van der Waals surface area (Å²) in [5.41, 5.74) is 6.79. The van der Waals surface area contributed by atoms with E-state index in [1.165, 1.54) is 12.8 Å². The maximum atomic E-state index is 10.3. The Balaban J connectivity index is 1.82. The predicted octanol–water partition coefficient (Wildman–Crippen LogP) is 3.02. The van der Waals surface area contributed by atoms with Crippen LogP contribution in [0.3, 0.4) is 0 Å². The van der Waals surface area contributed by atoms with E-state index in [0.29, 0.717) is 23.4 Å². The molecule has 0 spiro atoms. The first kappa shape index (κ1) is 17.5. The lowest BCUT2D eigenvalue weighted by atomic mass is 10.0. The number of unbranched alkanes of at least 4 members (excludes halogenated alkanes) is 2. The van der Waals surface area contributed by atoms with Crippen LogP contribution in [0, 0.1) is 0 Å². The molecule has 0 bridgehead atoms. The molecule has 2 rings (SSSR count). The molecule has 4 N–H and O–H groups in total. The fourth-order valence-corrected chi connectivity index (χ4v) is 2.52. The second kappa shape index (κ2) is 8.73. The van der Waals surface area contributed by atoms with Crippen molar-refractivity contribution in [2.75, 3.05) is 13.1 Å². The minimum absolute atomic E-state index is 0.308. The Hall–Kier alpha value is -0.810. The zero-order chi connectivity index (χ0) is 15.9. The Morgan fingerprint density at radius 1 is 1.41 bits per heavy atom. The van der Waals surface area contributed by atoms with E-state index >= 15 is 0 Å². The topological polar surface area (TPSA) is 67.5 Å². The van der Waals surface area contributed by atoms with Crippen molar-refractivity contribution >= 4 is 11.6 Å². The lowest BCUT2D eigenvalue weighted by molar-refractivity contribution is 0.145. The first-order valence-corrected chi connectivity index (χ1v) is 8.60. The van der Waals surface area contributed by atoms with E-state index in [4.69, 9.17) is 22.1 Å². The number of nitrogens with two attached hydrogens (primary N) is 1. The van der Waals surface area contributed by atoms with Crippen LogP contribution in [0.15, 0.2) is 18.2 Å². The molecule has 1 aromatic rings. The Morgan fingerprint density at radius 3 is 2.82 bits per heavy atom. The van der Waals surface area contributed by atoms with Crippen molar-refractivity contribution in [2.45, 2.75) is 57.3 Å². The van der Waals surface area contributed by atoms with E-state index in [1.54, 1.807) is 6.07 Å². The maximum absolute atomic E-state index is 10.3. The van der Waals surface area contributed by atoms with Gasteiger partial charge in [0.05, 0.1) is 17.2 Å². The van der Waals surface area contributed by atoms with Gasteiger partial charge in [0.15, 0.2) is 0 Å². The van der Waals surface area contributed by atoms with Crippen LogP contribution in [0.25, 0.3) is 0 Å². The van der Waals surface area contributed by atoms with Gasteiger partial charge >= 0.3 is 0 Å². The normalized spacial score (nSPS) is 17.3. The molecule has 0 unspecified atom stereocenters.